The van der Waals surface area contributed by atoms with Crippen molar-refractivity contribution in [1.82, 2.24) is 0 Å². The maximum atomic E-state index is 11.8. The van der Waals surface area contributed by atoms with Crippen LogP contribution in [0.1, 0.15) is 5.56 Å². The zero-order valence-corrected chi connectivity index (χ0v) is 7.65. The molecule has 2 radical (unpaired) electrons. The molecule has 1 N–H and O–H groups in total. The van der Waals surface area contributed by atoms with Crippen LogP contribution in [0.4, 0.5) is 18.9 Å². The van der Waals surface area contributed by atoms with Crippen LogP contribution < -0.4 is 10.8 Å². The second-order valence-corrected chi connectivity index (χ2v) is 3.04. The minimum atomic E-state index is -4.20. The Bertz CT molecular complexity index is 322. The topological polar surface area (TPSA) is 12.0 Å². The fourth-order valence-electron chi connectivity index (χ4n) is 0.988. The van der Waals surface area contributed by atoms with Crippen LogP contribution in [0.25, 0.3) is 0 Å². The Labute approximate surface area is 81.7 Å². The molecule has 0 atom stereocenters. The Morgan fingerprint density at radius 3 is 2.50 bits per heavy atom. The Kier molecular flexibility index (Phi) is 3.08. The van der Waals surface area contributed by atoms with Gasteiger partial charge in [0, 0.05) is 5.69 Å². The van der Waals surface area contributed by atoms with Gasteiger partial charge in [-0.25, -0.2) is 0 Å². The van der Waals surface area contributed by atoms with E-state index in [0.29, 0.717) is 11.2 Å². The van der Waals surface area contributed by atoms with Crippen LogP contribution in [0, 0.1) is 6.92 Å². The van der Waals surface area contributed by atoms with Gasteiger partial charge in [-0.3, -0.25) is 0 Å². The second-order valence-electron chi connectivity index (χ2n) is 3.04. The van der Waals surface area contributed by atoms with E-state index in [1.54, 1.807) is 19.1 Å². The molecule has 0 aliphatic rings. The fraction of sp³-hybridized carbons (Fsp3) is 0.333. The van der Waals surface area contributed by atoms with Crippen LogP contribution in [0.15, 0.2) is 18.2 Å². The average molecular weight is 199 g/mol. The zero-order chi connectivity index (χ0) is 10.8. The summed E-state index contributed by atoms with van der Waals surface area (Å²) >= 11 is 0. The molecule has 0 aliphatic heterocycles. The van der Waals surface area contributed by atoms with Crippen molar-refractivity contribution in [3.05, 3.63) is 23.8 Å². The van der Waals surface area contributed by atoms with Crippen LogP contribution in [-0.2, 0) is 0 Å². The van der Waals surface area contributed by atoms with E-state index in [1.165, 1.54) is 6.07 Å². The normalized spacial score (nSPS) is 11.4. The molecule has 0 fully saturated rings. The van der Waals surface area contributed by atoms with E-state index in [-0.39, 0.29) is 0 Å². The van der Waals surface area contributed by atoms with Crippen LogP contribution in [0.2, 0.25) is 0 Å². The van der Waals surface area contributed by atoms with Crippen LogP contribution in [-0.4, -0.2) is 20.6 Å². The summed E-state index contributed by atoms with van der Waals surface area (Å²) in [6.45, 7) is 0.713. The maximum absolute atomic E-state index is 11.8. The average Bonchev–Trinajstić information content (AvgIpc) is 2.06. The molecule has 1 nitrogen and oxygen atoms in total. The van der Waals surface area contributed by atoms with Gasteiger partial charge in [0.05, 0.1) is 0 Å². The van der Waals surface area contributed by atoms with Gasteiger partial charge in [-0.1, -0.05) is 17.1 Å². The van der Waals surface area contributed by atoms with Crippen molar-refractivity contribution in [2.24, 2.45) is 0 Å². The summed E-state index contributed by atoms with van der Waals surface area (Å²) in [7, 11) is 5.52. The summed E-state index contributed by atoms with van der Waals surface area (Å²) in [5.74, 6) is 0. The predicted molar refractivity (Wildman–Crippen MR) is 51.1 cm³/mol. The van der Waals surface area contributed by atoms with Crippen molar-refractivity contribution in [2.75, 3.05) is 11.9 Å². The van der Waals surface area contributed by atoms with Crippen LogP contribution in [0.5, 0.6) is 0 Å². The highest BCUT2D eigenvalue weighted by Crippen LogP contribution is 2.16. The molecule has 14 heavy (non-hydrogen) atoms. The minimum Gasteiger partial charge on any atom is -0.376 e. The number of halogens is 3. The summed E-state index contributed by atoms with van der Waals surface area (Å²) in [4.78, 5) is 0. The van der Waals surface area contributed by atoms with Crippen molar-refractivity contribution in [3.8, 4) is 0 Å². The van der Waals surface area contributed by atoms with E-state index in [0.717, 1.165) is 5.56 Å². The van der Waals surface area contributed by atoms with Gasteiger partial charge >= 0.3 is 6.18 Å². The van der Waals surface area contributed by atoms with Gasteiger partial charge in [-0.2, -0.15) is 13.2 Å². The molecule has 0 unspecified atom stereocenters. The molecule has 0 aromatic heterocycles. The lowest BCUT2D eigenvalue weighted by Gasteiger charge is -2.10. The second kappa shape index (κ2) is 3.94. The van der Waals surface area contributed by atoms with Crippen molar-refractivity contribution in [3.63, 3.8) is 0 Å². The summed E-state index contributed by atoms with van der Waals surface area (Å²) in [5.41, 5.74) is 1.76. The van der Waals surface area contributed by atoms with Gasteiger partial charge in [0.1, 0.15) is 14.4 Å². The largest absolute Gasteiger partial charge is 0.405 e. The van der Waals surface area contributed by atoms with Crippen molar-refractivity contribution in [1.29, 1.82) is 0 Å². The Balaban J connectivity index is 2.65. The first-order valence-corrected chi connectivity index (χ1v) is 4.05. The highest BCUT2D eigenvalue weighted by molar-refractivity contribution is 6.33. The number of anilines is 1. The van der Waals surface area contributed by atoms with Crippen molar-refractivity contribution >= 4 is 19.0 Å². The molecule has 0 amide bonds. The first kappa shape index (κ1) is 11.0. The molecule has 1 aromatic carbocycles. The molecule has 0 spiro atoms. The SMILES string of the molecule is [B]c1ccc(NCC(F)(F)F)cc1C. The lowest BCUT2D eigenvalue weighted by Crippen LogP contribution is -2.21. The highest BCUT2D eigenvalue weighted by Gasteiger charge is 2.26. The van der Waals surface area contributed by atoms with Crippen molar-refractivity contribution in [2.45, 2.75) is 13.1 Å². The van der Waals surface area contributed by atoms with E-state index in [9.17, 15) is 13.2 Å². The molecule has 0 bridgehead atoms. The maximum Gasteiger partial charge on any atom is 0.405 e. The zero-order valence-electron chi connectivity index (χ0n) is 7.65. The Morgan fingerprint density at radius 2 is 2.00 bits per heavy atom. The first-order chi connectivity index (χ1) is 6.38. The number of alkyl halides is 3. The van der Waals surface area contributed by atoms with Crippen molar-refractivity contribution < 1.29 is 13.2 Å². The van der Waals surface area contributed by atoms with E-state index in [1.807, 2.05) is 0 Å². The standard InChI is InChI=1S/C9H9BF3N/c1-6-4-7(2-3-8(6)10)14-5-9(11,12)13/h2-4,14H,5H2,1H3. The van der Waals surface area contributed by atoms with Crippen LogP contribution in [0.3, 0.4) is 0 Å². The molecule has 0 saturated heterocycles. The summed E-state index contributed by atoms with van der Waals surface area (Å²) in [6.07, 6.45) is -4.20. The lowest BCUT2D eigenvalue weighted by molar-refractivity contribution is -0.115. The molecule has 74 valence electrons. The number of hydrogen-bond donors (Lipinski definition) is 1. The van der Waals surface area contributed by atoms with E-state index in [2.05, 4.69) is 5.32 Å². The molecule has 1 aromatic rings. The summed E-state index contributed by atoms with van der Waals surface area (Å²) < 4.78 is 35.5. The Hall–Kier alpha value is -1.13. The smallest absolute Gasteiger partial charge is 0.376 e. The van der Waals surface area contributed by atoms with Crippen LogP contribution >= 0.6 is 0 Å². The third-order valence-corrected chi connectivity index (χ3v) is 1.76. The first-order valence-electron chi connectivity index (χ1n) is 4.05. The quantitative estimate of drug-likeness (QED) is 0.715. The third-order valence-electron chi connectivity index (χ3n) is 1.76. The number of nitrogens with one attached hydrogen (secondary N) is 1. The monoisotopic (exact) mass is 199 g/mol. The van der Waals surface area contributed by atoms with Gasteiger partial charge in [0.25, 0.3) is 0 Å². The number of rotatable bonds is 2. The molecule has 5 heteroatoms. The van der Waals surface area contributed by atoms with Gasteiger partial charge in [0.2, 0.25) is 0 Å². The van der Waals surface area contributed by atoms with Gasteiger partial charge < -0.3 is 5.32 Å². The molecular formula is C9H9BF3N. The number of hydrogen-bond acceptors (Lipinski definition) is 1. The Morgan fingerprint density at radius 1 is 1.36 bits per heavy atom. The lowest BCUT2D eigenvalue weighted by atomic mass is 9.91. The molecule has 0 heterocycles. The van der Waals surface area contributed by atoms with E-state index >= 15 is 0 Å². The number of benzene rings is 1. The molecule has 0 aliphatic carbocycles. The van der Waals surface area contributed by atoms with E-state index < -0.39 is 12.7 Å². The third kappa shape index (κ3) is 3.32. The fourth-order valence-corrected chi connectivity index (χ4v) is 0.988. The molecule has 1 rings (SSSR count). The van der Waals surface area contributed by atoms with Gasteiger partial charge in [-0.15, -0.1) is 0 Å². The summed E-state index contributed by atoms with van der Waals surface area (Å²) in [5, 5.41) is 2.27. The van der Waals surface area contributed by atoms with Gasteiger partial charge in [0.15, 0.2) is 0 Å². The molecular weight excluding hydrogens is 190 g/mol. The molecule has 0 saturated carbocycles. The van der Waals surface area contributed by atoms with Gasteiger partial charge in [-0.05, 0) is 19.1 Å². The summed E-state index contributed by atoms with van der Waals surface area (Å²) in [6, 6.07) is 4.68. The number of aryl methyl sites for hydroxylation is 1. The minimum absolute atomic E-state index is 0.425. The predicted octanol–water partition coefficient (Wildman–Crippen LogP) is 1.76. The highest BCUT2D eigenvalue weighted by atomic mass is 19.4. The van der Waals surface area contributed by atoms with E-state index in [4.69, 9.17) is 7.85 Å².